The summed E-state index contributed by atoms with van der Waals surface area (Å²) in [6.45, 7) is 1.75. The zero-order valence-electron chi connectivity index (χ0n) is 11.6. The minimum absolute atomic E-state index is 0.0418. The minimum Gasteiger partial charge on any atom is -0.483 e. The number of nitrogen functional groups attached to an aromatic ring is 1. The number of hydrogen-bond donors (Lipinski definition) is 1. The van der Waals surface area contributed by atoms with E-state index < -0.39 is 0 Å². The van der Waals surface area contributed by atoms with Crippen LogP contribution in [0.5, 0.6) is 5.75 Å². The maximum Gasteiger partial charge on any atom is 0.260 e. The molecule has 1 amide bonds. The number of anilines is 1. The van der Waals surface area contributed by atoms with Gasteiger partial charge in [-0.2, -0.15) is 0 Å². The molecule has 0 saturated carbocycles. The van der Waals surface area contributed by atoms with Gasteiger partial charge in [-0.1, -0.05) is 12.1 Å². The maximum absolute atomic E-state index is 12.0. The van der Waals surface area contributed by atoms with E-state index in [4.69, 9.17) is 10.5 Å². The minimum atomic E-state index is 0.0418. The molecule has 0 atom stereocenters. The molecular formula is C15H17N3O2S. The molecule has 2 heterocycles. The van der Waals surface area contributed by atoms with E-state index >= 15 is 0 Å². The number of rotatable bonds is 4. The highest BCUT2D eigenvalue weighted by molar-refractivity contribution is 7.13. The summed E-state index contributed by atoms with van der Waals surface area (Å²) in [5.41, 5.74) is 7.32. The van der Waals surface area contributed by atoms with Crippen molar-refractivity contribution in [1.29, 1.82) is 0 Å². The number of nitrogens with zero attached hydrogens (tertiary/aromatic N) is 2. The van der Waals surface area contributed by atoms with Crippen LogP contribution in [0.1, 0.15) is 12.8 Å². The fraction of sp³-hybridized carbons (Fsp3) is 0.333. The van der Waals surface area contributed by atoms with Gasteiger partial charge in [-0.25, -0.2) is 4.98 Å². The van der Waals surface area contributed by atoms with Gasteiger partial charge in [0.1, 0.15) is 5.75 Å². The molecular weight excluding hydrogens is 286 g/mol. The molecule has 0 aliphatic carbocycles. The molecule has 0 bridgehead atoms. The Bertz CT molecular complexity index is 635. The number of hydrogen-bond acceptors (Lipinski definition) is 5. The summed E-state index contributed by atoms with van der Waals surface area (Å²) in [5.74, 6) is 0.704. The summed E-state index contributed by atoms with van der Waals surface area (Å²) in [6, 6.07) is 7.57. The number of amides is 1. The molecule has 1 fully saturated rings. The summed E-state index contributed by atoms with van der Waals surface area (Å²) in [7, 11) is 0. The molecule has 3 rings (SSSR count). The molecule has 1 aliphatic heterocycles. The molecule has 2 aromatic rings. The second-order valence-electron chi connectivity index (χ2n) is 4.94. The zero-order valence-corrected chi connectivity index (χ0v) is 12.4. The van der Waals surface area contributed by atoms with Gasteiger partial charge in [0.25, 0.3) is 5.91 Å². The monoisotopic (exact) mass is 303 g/mol. The van der Waals surface area contributed by atoms with Crippen LogP contribution in [0.4, 0.5) is 5.13 Å². The Kier molecular flexibility index (Phi) is 4.06. The lowest BCUT2D eigenvalue weighted by molar-refractivity contribution is -0.132. The number of nitrogens with two attached hydrogens (primary N) is 1. The average molecular weight is 303 g/mol. The van der Waals surface area contributed by atoms with Gasteiger partial charge in [0, 0.05) is 24.0 Å². The molecule has 0 unspecified atom stereocenters. The van der Waals surface area contributed by atoms with Crippen molar-refractivity contribution in [3.05, 3.63) is 29.6 Å². The van der Waals surface area contributed by atoms with Gasteiger partial charge < -0.3 is 15.4 Å². The van der Waals surface area contributed by atoms with E-state index in [1.54, 1.807) is 0 Å². The third-order valence-corrected chi connectivity index (χ3v) is 4.17. The lowest BCUT2D eigenvalue weighted by Gasteiger charge is -2.16. The van der Waals surface area contributed by atoms with Gasteiger partial charge in [-0.05, 0) is 25.0 Å². The van der Waals surface area contributed by atoms with Crippen molar-refractivity contribution in [3.63, 3.8) is 0 Å². The number of benzene rings is 1. The SMILES string of the molecule is Nc1nc(-c2ccccc2OCC(=O)N2CCCC2)cs1. The molecule has 5 nitrogen and oxygen atoms in total. The highest BCUT2D eigenvalue weighted by Crippen LogP contribution is 2.31. The standard InChI is InChI=1S/C15H17N3O2S/c16-15-17-12(10-21-15)11-5-1-2-6-13(11)20-9-14(19)18-7-3-4-8-18/h1-2,5-6,10H,3-4,7-9H2,(H2,16,17). The summed E-state index contributed by atoms with van der Waals surface area (Å²) in [6.07, 6.45) is 2.17. The van der Waals surface area contributed by atoms with E-state index in [0.29, 0.717) is 10.9 Å². The summed E-state index contributed by atoms with van der Waals surface area (Å²) in [5, 5.41) is 2.41. The van der Waals surface area contributed by atoms with Crippen LogP contribution in [0.15, 0.2) is 29.6 Å². The van der Waals surface area contributed by atoms with Crippen LogP contribution in [0.2, 0.25) is 0 Å². The molecule has 21 heavy (non-hydrogen) atoms. The van der Waals surface area contributed by atoms with E-state index in [0.717, 1.165) is 37.2 Å². The summed E-state index contributed by atoms with van der Waals surface area (Å²) in [4.78, 5) is 18.2. The Hall–Kier alpha value is -2.08. The van der Waals surface area contributed by atoms with Crippen LogP contribution >= 0.6 is 11.3 Å². The van der Waals surface area contributed by atoms with Gasteiger partial charge >= 0.3 is 0 Å². The fourth-order valence-electron chi connectivity index (χ4n) is 2.41. The maximum atomic E-state index is 12.0. The Morgan fingerprint density at radius 2 is 2.10 bits per heavy atom. The number of likely N-dealkylation sites (tertiary alicyclic amines) is 1. The predicted molar refractivity (Wildman–Crippen MR) is 83.3 cm³/mol. The fourth-order valence-corrected chi connectivity index (χ4v) is 2.98. The lowest BCUT2D eigenvalue weighted by atomic mass is 10.1. The number of para-hydroxylation sites is 1. The number of ether oxygens (including phenoxy) is 1. The molecule has 1 aliphatic rings. The number of aromatic nitrogens is 1. The average Bonchev–Trinajstić information content (AvgIpc) is 3.16. The molecule has 110 valence electrons. The van der Waals surface area contributed by atoms with Crippen molar-refractivity contribution in [2.24, 2.45) is 0 Å². The zero-order chi connectivity index (χ0) is 14.7. The third kappa shape index (κ3) is 3.16. The third-order valence-electron chi connectivity index (χ3n) is 3.49. The second-order valence-corrected chi connectivity index (χ2v) is 5.83. The van der Waals surface area contributed by atoms with Gasteiger partial charge in [0.15, 0.2) is 11.7 Å². The Morgan fingerprint density at radius 1 is 1.33 bits per heavy atom. The topological polar surface area (TPSA) is 68.5 Å². The van der Waals surface area contributed by atoms with Crippen LogP contribution < -0.4 is 10.5 Å². The second kappa shape index (κ2) is 6.13. The normalized spacial score (nSPS) is 14.4. The summed E-state index contributed by atoms with van der Waals surface area (Å²) < 4.78 is 5.71. The molecule has 1 saturated heterocycles. The number of carbonyl (C=O) groups is 1. The van der Waals surface area contributed by atoms with Crippen molar-refractivity contribution in [3.8, 4) is 17.0 Å². The van der Waals surface area contributed by atoms with Gasteiger partial charge in [0.05, 0.1) is 5.69 Å². The highest BCUT2D eigenvalue weighted by Gasteiger charge is 2.19. The van der Waals surface area contributed by atoms with E-state index in [1.807, 2.05) is 34.5 Å². The molecule has 2 N–H and O–H groups in total. The molecule has 0 spiro atoms. The van der Waals surface area contributed by atoms with Gasteiger partial charge in [-0.15, -0.1) is 11.3 Å². The Balaban J connectivity index is 1.72. The molecule has 0 radical (unpaired) electrons. The number of carbonyl (C=O) groups excluding carboxylic acids is 1. The van der Waals surface area contributed by atoms with Gasteiger partial charge in [-0.3, -0.25) is 4.79 Å². The van der Waals surface area contributed by atoms with Crippen LogP contribution in [0.25, 0.3) is 11.3 Å². The van der Waals surface area contributed by atoms with Crippen LogP contribution in [0.3, 0.4) is 0 Å². The quantitative estimate of drug-likeness (QED) is 0.941. The van der Waals surface area contributed by atoms with E-state index in [2.05, 4.69) is 4.98 Å². The number of thiazole rings is 1. The van der Waals surface area contributed by atoms with Crippen molar-refractivity contribution in [1.82, 2.24) is 9.88 Å². The van der Waals surface area contributed by atoms with Gasteiger partial charge in [0.2, 0.25) is 0 Å². The molecule has 6 heteroatoms. The van der Waals surface area contributed by atoms with E-state index in [-0.39, 0.29) is 12.5 Å². The van der Waals surface area contributed by atoms with Crippen LogP contribution in [0, 0.1) is 0 Å². The Morgan fingerprint density at radius 3 is 2.81 bits per heavy atom. The van der Waals surface area contributed by atoms with Crippen molar-refractivity contribution >= 4 is 22.4 Å². The lowest BCUT2D eigenvalue weighted by Crippen LogP contribution is -2.32. The highest BCUT2D eigenvalue weighted by atomic mass is 32.1. The first-order valence-corrected chi connectivity index (χ1v) is 7.83. The smallest absolute Gasteiger partial charge is 0.260 e. The van der Waals surface area contributed by atoms with Crippen LogP contribution in [-0.4, -0.2) is 35.5 Å². The predicted octanol–water partition coefficient (Wildman–Crippen LogP) is 2.39. The molecule has 1 aromatic heterocycles. The summed E-state index contributed by atoms with van der Waals surface area (Å²) >= 11 is 1.39. The van der Waals surface area contributed by atoms with Crippen molar-refractivity contribution in [2.45, 2.75) is 12.8 Å². The molecule has 1 aromatic carbocycles. The Labute approximate surface area is 127 Å². The van der Waals surface area contributed by atoms with E-state index in [1.165, 1.54) is 11.3 Å². The first-order valence-electron chi connectivity index (χ1n) is 6.95. The van der Waals surface area contributed by atoms with E-state index in [9.17, 15) is 4.79 Å². The van der Waals surface area contributed by atoms with Crippen molar-refractivity contribution in [2.75, 3.05) is 25.4 Å². The first kappa shape index (κ1) is 13.9. The van der Waals surface area contributed by atoms with Crippen molar-refractivity contribution < 1.29 is 9.53 Å². The first-order chi connectivity index (χ1) is 10.2. The van der Waals surface area contributed by atoms with Crippen LogP contribution in [-0.2, 0) is 4.79 Å². The largest absolute Gasteiger partial charge is 0.483 e.